The number of hydrogen-bond donors (Lipinski definition) is 1. The zero-order valence-electron chi connectivity index (χ0n) is 19.0. The molecule has 2 fully saturated rings. The second-order valence-corrected chi connectivity index (χ2v) is 13.2. The minimum atomic E-state index is -3.59. The lowest BCUT2D eigenvalue weighted by molar-refractivity contribution is -0.120. The summed E-state index contributed by atoms with van der Waals surface area (Å²) in [6.45, 7) is 1.63. The summed E-state index contributed by atoms with van der Waals surface area (Å²) in [7, 11) is -7.08. The second kappa shape index (κ2) is 10.4. The van der Waals surface area contributed by atoms with E-state index in [1.165, 1.54) is 20.7 Å². The van der Waals surface area contributed by atoms with Gasteiger partial charge in [0.15, 0.2) is 0 Å². The Kier molecular flexibility index (Phi) is 7.68. The molecule has 0 aromatic heterocycles. The number of amides is 1. The molecule has 0 atom stereocenters. The minimum absolute atomic E-state index is 0.184. The van der Waals surface area contributed by atoms with Crippen molar-refractivity contribution >= 4 is 43.4 Å². The Balaban J connectivity index is 1.33. The van der Waals surface area contributed by atoms with E-state index in [1.807, 2.05) is 6.26 Å². The van der Waals surface area contributed by atoms with E-state index in [0.29, 0.717) is 31.6 Å². The summed E-state index contributed by atoms with van der Waals surface area (Å²) >= 11 is 1.55. The Bertz CT molecular complexity index is 1220. The van der Waals surface area contributed by atoms with Gasteiger partial charge < -0.3 is 5.32 Å². The molecule has 2 aliphatic heterocycles. The molecule has 4 rings (SSSR count). The van der Waals surface area contributed by atoms with Gasteiger partial charge in [0, 0.05) is 42.7 Å². The maximum absolute atomic E-state index is 12.9. The van der Waals surface area contributed by atoms with Gasteiger partial charge in [-0.3, -0.25) is 4.79 Å². The first kappa shape index (κ1) is 25.2. The molecule has 0 saturated carbocycles. The molecule has 2 aliphatic rings. The van der Waals surface area contributed by atoms with Crippen molar-refractivity contribution in [3.8, 4) is 0 Å². The largest absolute Gasteiger partial charge is 0.326 e. The van der Waals surface area contributed by atoms with E-state index in [4.69, 9.17) is 0 Å². The topological polar surface area (TPSA) is 104 Å². The number of carbonyl (C=O) groups is 1. The lowest BCUT2D eigenvalue weighted by Crippen LogP contribution is -2.41. The molecule has 8 nitrogen and oxygen atoms in total. The van der Waals surface area contributed by atoms with Crippen LogP contribution in [0.15, 0.2) is 63.2 Å². The molecule has 184 valence electrons. The van der Waals surface area contributed by atoms with Gasteiger partial charge in [-0.1, -0.05) is 0 Å². The Morgan fingerprint density at radius 1 is 0.794 bits per heavy atom. The number of nitrogens with one attached hydrogen (secondary N) is 1. The van der Waals surface area contributed by atoms with Crippen molar-refractivity contribution in [3.05, 3.63) is 48.5 Å². The Hall–Kier alpha value is -1.92. The average Bonchev–Trinajstić information content (AvgIpc) is 3.41. The van der Waals surface area contributed by atoms with Gasteiger partial charge in [0.2, 0.25) is 26.0 Å². The van der Waals surface area contributed by atoms with Crippen LogP contribution in [0.25, 0.3) is 0 Å². The van der Waals surface area contributed by atoms with E-state index in [2.05, 4.69) is 5.32 Å². The molecular weight excluding hydrogens is 494 g/mol. The number of piperidine rings is 1. The van der Waals surface area contributed by atoms with Crippen LogP contribution < -0.4 is 5.32 Å². The molecule has 1 N–H and O–H groups in total. The molecule has 0 radical (unpaired) electrons. The number of sulfonamides is 2. The lowest BCUT2D eigenvalue weighted by Gasteiger charge is -2.30. The molecule has 0 aliphatic carbocycles. The van der Waals surface area contributed by atoms with Crippen LogP contribution in [0, 0.1) is 5.92 Å². The zero-order chi connectivity index (χ0) is 24.3. The summed E-state index contributed by atoms with van der Waals surface area (Å²) in [6, 6.07) is 13.0. The van der Waals surface area contributed by atoms with E-state index >= 15 is 0 Å². The highest BCUT2D eigenvalue weighted by Crippen LogP contribution is 2.27. The van der Waals surface area contributed by atoms with Crippen molar-refractivity contribution in [3.63, 3.8) is 0 Å². The van der Waals surface area contributed by atoms with E-state index < -0.39 is 20.0 Å². The highest BCUT2D eigenvalue weighted by molar-refractivity contribution is 7.98. The van der Waals surface area contributed by atoms with Crippen LogP contribution in [0.4, 0.5) is 5.69 Å². The summed E-state index contributed by atoms with van der Waals surface area (Å²) in [4.78, 5) is 14.2. The SMILES string of the molecule is CSc1ccc(S(=O)(=O)N2CCC(C(=O)Nc3ccc(S(=O)(=O)N4CCCC4)cc3)CC2)cc1. The summed E-state index contributed by atoms with van der Waals surface area (Å²) in [5.41, 5.74) is 0.523. The third-order valence-corrected chi connectivity index (χ3v) is 10.9. The number of rotatable bonds is 7. The van der Waals surface area contributed by atoms with Crippen LogP contribution >= 0.6 is 11.8 Å². The zero-order valence-corrected chi connectivity index (χ0v) is 21.5. The van der Waals surface area contributed by atoms with E-state index in [0.717, 1.165) is 17.7 Å². The van der Waals surface area contributed by atoms with Gasteiger partial charge in [0.25, 0.3) is 0 Å². The normalized spacial score (nSPS) is 18.7. The molecular formula is C23H29N3O5S3. The van der Waals surface area contributed by atoms with Gasteiger partial charge in [-0.25, -0.2) is 16.8 Å². The van der Waals surface area contributed by atoms with Crippen LogP contribution in [-0.4, -0.2) is 63.8 Å². The smallest absolute Gasteiger partial charge is 0.243 e. The summed E-state index contributed by atoms with van der Waals surface area (Å²) in [5.74, 6) is -0.491. The Labute approximate surface area is 205 Å². The number of carbonyl (C=O) groups excluding carboxylic acids is 1. The van der Waals surface area contributed by atoms with Gasteiger partial charge in [-0.2, -0.15) is 8.61 Å². The van der Waals surface area contributed by atoms with Crippen LogP contribution in [0.2, 0.25) is 0 Å². The van der Waals surface area contributed by atoms with Gasteiger partial charge >= 0.3 is 0 Å². The first-order valence-corrected chi connectivity index (χ1v) is 15.4. The molecule has 2 aromatic rings. The van der Waals surface area contributed by atoms with Gasteiger partial charge in [0.05, 0.1) is 9.79 Å². The van der Waals surface area contributed by atoms with Crippen molar-refractivity contribution in [1.29, 1.82) is 0 Å². The molecule has 0 bridgehead atoms. The summed E-state index contributed by atoms with van der Waals surface area (Å²) in [6.07, 6.45) is 4.53. The highest BCUT2D eigenvalue weighted by Gasteiger charge is 2.32. The van der Waals surface area contributed by atoms with Crippen LogP contribution in [0.1, 0.15) is 25.7 Å². The van der Waals surface area contributed by atoms with Crippen LogP contribution in [-0.2, 0) is 24.8 Å². The highest BCUT2D eigenvalue weighted by atomic mass is 32.2. The monoisotopic (exact) mass is 523 g/mol. The molecule has 2 saturated heterocycles. The number of nitrogens with zero attached hydrogens (tertiary/aromatic N) is 2. The predicted octanol–water partition coefficient (Wildman–Crippen LogP) is 3.23. The molecule has 0 unspecified atom stereocenters. The Morgan fingerprint density at radius 2 is 1.26 bits per heavy atom. The van der Waals surface area contributed by atoms with Crippen molar-refractivity contribution in [2.45, 2.75) is 40.4 Å². The van der Waals surface area contributed by atoms with E-state index in [-0.39, 0.29) is 34.7 Å². The molecule has 2 aromatic carbocycles. The first-order valence-electron chi connectivity index (χ1n) is 11.3. The molecule has 34 heavy (non-hydrogen) atoms. The van der Waals surface area contributed by atoms with E-state index in [1.54, 1.807) is 48.2 Å². The van der Waals surface area contributed by atoms with Crippen LogP contribution in [0.3, 0.4) is 0 Å². The van der Waals surface area contributed by atoms with Gasteiger partial charge in [-0.15, -0.1) is 11.8 Å². The quantitative estimate of drug-likeness (QED) is 0.559. The van der Waals surface area contributed by atoms with E-state index in [9.17, 15) is 21.6 Å². The number of anilines is 1. The third kappa shape index (κ3) is 5.33. The van der Waals surface area contributed by atoms with Crippen molar-refractivity contribution in [2.24, 2.45) is 5.92 Å². The minimum Gasteiger partial charge on any atom is -0.326 e. The fourth-order valence-corrected chi connectivity index (χ4v) is 7.68. The lowest BCUT2D eigenvalue weighted by atomic mass is 9.97. The third-order valence-electron chi connectivity index (χ3n) is 6.35. The maximum Gasteiger partial charge on any atom is 0.243 e. The fraction of sp³-hybridized carbons (Fsp3) is 0.435. The molecule has 2 heterocycles. The number of benzene rings is 2. The first-order chi connectivity index (χ1) is 16.2. The van der Waals surface area contributed by atoms with Gasteiger partial charge in [-0.05, 0) is 80.5 Å². The van der Waals surface area contributed by atoms with Crippen molar-refractivity contribution in [2.75, 3.05) is 37.8 Å². The van der Waals surface area contributed by atoms with Crippen molar-refractivity contribution in [1.82, 2.24) is 8.61 Å². The Morgan fingerprint density at radius 3 is 1.76 bits per heavy atom. The fourth-order valence-electron chi connectivity index (χ4n) is 4.29. The molecule has 11 heteroatoms. The average molecular weight is 524 g/mol. The second-order valence-electron chi connectivity index (χ2n) is 8.48. The van der Waals surface area contributed by atoms with Gasteiger partial charge in [0.1, 0.15) is 0 Å². The summed E-state index contributed by atoms with van der Waals surface area (Å²) < 4.78 is 54.1. The van der Waals surface area contributed by atoms with Crippen LogP contribution in [0.5, 0.6) is 0 Å². The standard InChI is InChI=1S/C23H29N3O5S3/c1-32-20-6-10-22(11-7-20)34(30,31)26-16-12-18(13-17-26)23(27)24-19-4-8-21(9-5-19)33(28,29)25-14-2-3-15-25/h4-11,18H,2-3,12-17H2,1H3,(H,24,27). The number of thioether (sulfide) groups is 1. The molecule has 1 amide bonds. The van der Waals surface area contributed by atoms with Crippen molar-refractivity contribution < 1.29 is 21.6 Å². The molecule has 0 spiro atoms. The maximum atomic E-state index is 12.9. The number of hydrogen-bond acceptors (Lipinski definition) is 6. The summed E-state index contributed by atoms with van der Waals surface area (Å²) in [5, 5.41) is 2.84. The predicted molar refractivity (Wildman–Crippen MR) is 133 cm³/mol.